The molecule has 1 heterocycles. The molecular weight excluding hydrogens is 388 g/mol. The Morgan fingerprint density at radius 2 is 2.11 bits per heavy atom. The lowest BCUT2D eigenvalue weighted by atomic mass is 10.2. The standard InChI is InChI=1S/C18H15ClN4O3S/c1-25-15-8-4-6-12(9-21-23-16(24)10-20-22-18(23)27)17(15)26-11-13-5-2-3-7-14(13)19/h2-10H,11H2,1H3,(H,22,27)/b21-9+. The van der Waals surface area contributed by atoms with E-state index in [4.69, 9.17) is 33.3 Å². The second-order valence-electron chi connectivity index (χ2n) is 5.33. The Hall–Kier alpha value is -2.97. The van der Waals surface area contributed by atoms with Gasteiger partial charge in [-0.2, -0.15) is 14.9 Å². The van der Waals surface area contributed by atoms with E-state index in [9.17, 15) is 4.79 Å². The summed E-state index contributed by atoms with van der Waals surface area (Å²) in [7, 11) is 1.54. The minimum absolute atomic E-state index is 0.0835. The van der Waals surface area contributed by atoms with Gasteiger partial charge in [0.25, 0.3) is 5.56 Å². The van der Waals surface area contributed by atoms with E-state index >= 15 is 0 Å². The van der Waals surface area contributed by atoms with E-state index in [0.717, 1.165) is 16.4 Å². The average molecular weight is 403 g/mol. The lowest BCUT2D eigenvalue weighted by Crippen LogP contribution is -2.18. The molecule has 0 radical (unpaired) electrons. The molecule has 0 aliphatic rings. The van der Waals surface area contributed by atoms with Gasteiger partial charge in [0.1, 0.15) is 12.8 Å². The third-order valence-corrected chi connectivity index (χ3v) is 4.24. The maximum Gasteiger partial charge on any atom is 0.293 e. The second-order valence-corrected chi connectivity index (χ2v) is 6.12. The summed E-state index contributed by atoms with van der Waals surface area (Å²) in [6.07, 6.45) is 2.56. The van der Waals surface area contributed by atoms with Crippen molar-refractivity contribution in [1.82, 2.24) is 14.9 Å². The maximum atomic E-state index is 11.8. The highest BCUT2D eigenvalue weighted by Crippen LogP contribution is 2.31. The maximum absolute atomic E-state index is 11.8. The topological polar surface area (TPSA) is 81.5 Å². The van der Waals surface area contributed by atoms with Gasteiger partial charge in [0.2, 0.25) is 4.77 Å². The zero-order valence-electron chi connectivity index (χ0n) is 14.3. The highest BCUT2D eigenvalue weighted by molar-refractivity contribution is 7.71. The van der Waals surface area contributed by atoms with Gasteiger partial charge in [0.05, 0.1) is 13.3 Å². The second kappa shape index (κ2) is 8.61. The lowest BCUT2D eigenvalue weighted by molar-refractivity contribution is 0.284. The van der Waals surface area contributed by atoms with Crippen LogP contribution in [0.4, 0.5) is 0 Å². The van der Waals surface area contributed by atoms with E-state index in [1.807, 2.05) is 18.2 Å². The van der Waals surface area contributed by atoms with Crippen molar-refractivity contribution in [2.24, 2.45) is 5.10 Å². The van der Waals surface area contributed by atoms with Gasteiger partial charge in [0.15, 0.2) is 11.5 Å². The molecule has 0 spiro atoms. The summed E-state index contributed by atoms with van der Waals surface area (Å²) < 4.78 is 12.4. The minimum Gasteiger partial charge on any atom is -0.493 e. The van der Waals surface area contributed by atoms with Crippen molar-refractivity contribution in [2.45, 2.75) is 6.61 Å². The van der Waals surface area contributed by atoms with Crippen LogP contribution in [-0.4, -0.2) is 28.2 Å². The van der Waals surface area contributed by atoms with E-state index in [-0.39, 0.29) is 11.4 Å². The number of aromatic amines is 1. The van der Waals surface area contributed by atoms with Crippen LogP contribution in [0.15, 0.2) is 58.6 Å². The molecule has 138 valence electrons. The summed E-state index contributed by atoms with van der Waals surface area (Å²) >= 11 is 11.2. The fourth-order valence-corrected chi connectivity index (χ4v) is 2.67. The van der Waals surface area contributed by atoms with Gasteiger partial charge < -0.3 is 9.47 Å². The Bertz CT molecular complexity index is 1070. The van der Waals surface area contributed by atoms with Crippen LogP contribution in [0.2, 0.25) is 5.02 Å². The van der Waals surface area contributed by atoms with Crippen molar-refractivity contribution >= 4 is 30.0 Å². The summed E-state index contributed by atoms with van der Waals surface area (Å²) in [5, 5.41) is 10.9. The van der Waals surface area contributed by atoms with Gasteiger partial charge in [-0.15, -0.1) is 0 Å². The van der Waals surface area contributed by atoms with Crippen LogP contribution >= 0.6 is 23.8 Å². The van der Waals surface area contributed by atoms with E-state index in [2.05, 4.69) is 15.3 Å². The van der Waals surface area contributed by atoms with E-state index in [1.54, 1.807) is 31.4 Å². The Morgan fingerprint density at radius 1 is 1.30 bits per heavy atom. The molecule has 0 amide bonds. The van der Waals surface area contributed by atoms with Gasteiger partial charge >= 0.3 is 0 Å². The first-order chi connectivity index (χ1) is 13.1. The Kier molecular flexibility index (Phi) is 6.00. The van der Waals surface area contributed by atoms with Gasteiger partial charge in [0, 0.05) is 16.1 Å². The molecule has 1 aromatic heterocycles. The van der Waals surface area contributed by atoms with E-state index in [0.29, 0.717) is 22.1 Å². The summed E-state index contributed by atoms with van der Waals surface area (Å²) in [5.41, 5.74) is 0.997. The third-order valence-electron chi connectivity index (χ3n) is 3.61. The molecule has 27 heavy (non-hydrogen) atoms. The SMILES string of the molecule is COc1cccc(/C=N/n2c(=O)cn[nH]c2=S)c1OCc1ccccc1Cl. The van der Waals surface area contributed by atoms with Gasteiger partial charge in [-0.05, 0) is 30.4 Å². The van der Waals surface area contributed by atoms with Gasteiger partial charge in [-0.25, -0.2) is 0 Å². The number of hydrogen-bond acceptors (Lipinski definition) is 6. The first-order valence-corrected chi connectivity index (χ1v) is 8.63. The molecule has 0 aliphatic carbocycles. The first-order valence-electron chi connectivity index (χ1n) is 7.84. The average Bonchev–Trinajstić information content (AvgIpc) is 2.67. The summed E-state index contributed by atoms with van der Waals surface area (Å²) in [5.74, 6) is 0.999. The number of benzene rings is 2. The molecule has 7 nitrogen and oxygen atoms in total. The first kappa shape index (κ1) is 18.8. The van der Waals surface area contributed by atoms with E-state index < -0.39 is 5.56 Å². The summed E-state index contributed by atoms with van der Waals surface area (Å²) in [4.78, 5) is 11.8. The van der Waals surface area contributed by atoms with Crippen LogP contribution in [-0.2, 0) is 6.61 Å². The number of nitrogens with one attached hydrogen (secondary N) is 1. The van der Waals surface area contributed by atoms with Crippen molar-refractivity contribution in [3.63, 3.8) is 0 Å². The molecule has 0 fully saturated rings. The molecule has 0 saturated carbocycles. The normalized spacial score (nSPS) is 10.9. The number of hydrogen-bond donors (Lipinski definition) is 1. The number of H-pyrrole nitrogens is 1. The van der Waals surface area contributed by atoms with Gasteiger partial charge in [-0.1, -0.05) is 35.9 Å². The zero-order valence-corrected chi connectivity index (χ0v) is 15.8. The van der Waals surface area contributed by atoms with Crippen LogP contribution in [0, 0.1) is 4.77 Å². The minimum atomic E-state index is -0.448. The number of rotatable bonds is 6. The number of para-hydroxylation sites is 1. The molecular formula is C18H15ClN4O3S. The number of nitrogens with zero attached hydrogens (tertiary/aromatic N) is 3. The molecule has 3 aromatic rings. The smallest absolute Gasteiger partial charge is 0.293 e. The highest BCUT2D eigenvalue weighted by atomic mass is 35.5. The Morgan fingerprint density at radius 3 is 2.85 bits per heavy atom. The van der Waals surface area contributed by atoms with Crippen molar-refractivity contribution in [2.75, 3.05) is 7.11 Å². The van der Waals surface area contributed by atoms with E-state index in [1.165, 1.54) is 6.21 Å². The number of halogens is 1. The van der Waals surface area contributed by atoms with Gasteiger partial charge in [-0.3, -0.25) is 9.89 Å². The number of methoxy groups -OCH3 is 1. The van der Waals surface area contributed by atoms with Crippen molar-refractivity contribution in [1.29, 1.82) is 0 Å². The monoisotopic (exact) mass is 402 g/mol. The fraction of sp³-hybridized carbons (Fsp3) is 0.111. The third kappa shape index (κ3) is 4.42. The fourth-order valence-electron chi connectivity index (χ4n) is 2.29. The van der Waals surface area contributed by atoms with Crippen LogP contribution in [0.5, 0.6) is 11.5 Å². The quantitative estimate of drug-likeness (QED) is 0.504. The molecule has 3 rings (SSSR count). The molecule has 0 atom stereocenters. The molecule has 0 aliphatic heterocycles. The van der Waals surface area contributed by atoms with Crippen molar-refractivity contribution in [3.8, 4) is 11.5 Å². The van der Waals surface area contributed by atoms with Crippen LogP contribution in [0.3, 0.4) is 0 Å². The zero-order chi connectivity index (χ0) is 19.2. The predicted octanol–water partition coefficient (Wildman–Crippen LogP) is 3.42. The van der Waals surface area contributed by atoms with Crippen LogP contribution < -0.4 is 15.0 Å². The summed E-state index contributed by atoms with van der Waals surface area (Å²) in [6, 6.07) is 12.7. The Balaban J connectivity index is 1.94. The number of aromatic nitrogens is 3. The Labute approximate surface area is 164 Å². The van der Waals surface area contributed by atoms with Crippen molar-refractivity contribution in [3.05, 3.63) is 79.9 Å². The molecule has 1 N–H and O–H groups in total. The van der Waals surface area contributed by atoms with Crippen LogP contribution in [0.25, 0.3) is 0 Å². The predicted molar refractivity (Wildman–Crippen MR) is 105 cm³/mol. The largest absolute Gasteiger partial charge is 0.493 e. The molecule has 9 heteroatoms. The highest BCUT2D eigenvalue weighted by Gasteiger charge is 2.11. The molecule has 0 unspecified atom stereocenters. The lowest BCUT2D eigenvalue weighted by Gasteiger charge is -2.13. The number of ether oxygens (including phenoxy) is 2. The molecule has 2 aromatic carbocycles. The summed E-state index contributed by atoms with van der Waals surface area (Å²) in [6.45, 7) is 0.246. The molecule has 0 saturated heterocycles. The van der Waals surface area contributed by atoms with Crippen molar-refractivity contribution < 1.29 is 9.47 Å². The van der Waals surface area contributed by atoms with Crippen LogP contribution in [0.1, 0.15) is 11.1 Å². The molecule has 0 bridgehead atoms.